The van der Waals surface area contributed by atoms with Gasteiger partial charge in [-0.2, -0.15) is 0 Å². The number of carbonyl (C=O) groups excluding carboxylic acids is 1. The van der Waals surface area contributed by atoms with Crippen LogP contribution in [-0.4, -0.2) is 48.4 Å². The number of hydrogen-bond donors (Lipinski definition) is 0. The van der Waals surface area contributed by atoms with Crippen molar-refractivity contribution in [1.82, 2.24) is 9.80 Å². The molecule has 1 atom stereocenters. The highest BCUT2D eigenvalue weighted by Crippen LogP contribution is 2.13. The minimum absolute atomic E-state index is 0.268. The van der Waals surface area contributed by atoms with Gasteiger partial charge in [-0.15, -0.1) is 0 Å². The van der Waals surface area contributed by atoms with E-state index in [0.29, 0.717) is 13.0 Å². The van der Waals surface area contributed by atoms with Gasteiger partial charge in [-0.3, -0.25) is 9.69 Å². The Kier molecular flexibility index (Phi) is 3.84. The Morgan fingerprint density at radius 1 is 1.31 bits per heavy atom. The Morgan fingerprint density at radius 2 is 2.12 bits per heavy atom. The molecule has 16 heavy (non-hydrogen) atoms. The van der Waals surface area contributed by atoms with Gasteiger partial charge in [0.2, 0.25) is 5.91 Å². The summed E-state index contributed by atoms with van der Waals surface area (Å²) in [6.45, 7) is 7.04. The van der Waals surface area contributed by atoms with Gasteiger partial charge in [0.05, 0.1) is 13.1 Å². The molecule has 2 aliphatic heterocycles. The van der Waals surface area contributed by atoms with Gasteiger partial charge < -0.3 is 4.90 Å². The van der Waals surface area contributed by atoms with E-state index in [2.05, 4.69) is 23.7 Å². The largest absolute Gasteiger partial charge is 0.332 e. The third-order valence-corrected chi connectivity index (χ3v) is 3.38. The average Bonchev–Trinajstić information content (AvgIpc) is 2.83. The van der Waals surface area contributed by atoms with Crippen LogP contribution in [0.1, 0.15) is 26.2 Å². The number of amides is 1. The molecule has 0 aromatic carbocycles. The third-order valence-electron chi connectivity index (χ3n) is 3.38. The van der Waals surface area contributed by atoms with E-state index in [9.17, 15) is 4.79 Å². The van der Waals surface area contributed by atoms with Gasteiger partial charge >= 0.3 is 0 Å². The number of hydrogen-bond acceptors (Lipinski definition) is 2. The quantitative estimate of drug-likeness (QED) is 0.647. The second-order valence-electron chi connectivity index (χ2n) is 4.90. The van der Waals surface area contributed by atoms with Crippen LogP contribution < -0.4 is 0 Å². The van der Waals surface area contributed by atoms with Crippen LogP contribution >= 0.6 is 0 Å². The lowest BCUT2D eigenvalue weighted by Gasteiger charge is -2.11. The van der Waals surface area contributed by atoms with Crippen molar-refractivity contribution in [2.24, 2.45) is 5.92 Å². The highest BCUT2D eigenvalue weighted by Gasteiger charge is 2.19. The molecule has 1 unspecified atom stereocenters. The van der Waals surface area contributed by atoms with Crippen molar-refractivity contribution in [2.75, 3.05) is 32.7 Å². The van der Waals surface area contributed by atoms with Gasteiger partial charge in [-0.25, -0.2) is 0 Å². The van der Waals surface area contributed by atoms with Crippen molar-refractivity contribution in [3.63, 3.8) is 0 Å². The van der Waals surface area contributed by atoms with Gasteiger partial charge in [0, 0.05) is 19.5 Å². The molecule has 2 aliphatic rings. The molecule has 0 aromatic rings. The molecule has 2 heterocycles. The highest BCUT2D eigenvalue weighted by molar-refractivity contribution is 5.78. The van der Waals surface area contributed by atoms with E-state index < -0.39 is 0 Å². The lowest BCUT2D eigenvalue weighted by Crippen LogP contribution is -2.25. The summed E-state index contributed by atoms with van der Waals surface area (Å²) in [6, 6.07) is 0. The maximum Gasteiger partial charge on any atom is 0.223 e. The van der Waals surface area contributed by atoms with Crippen molar-refractivity contribution < 1.29 is 4.79 Å². The highest BCUT2D eigenvalue weighted by atomic mass is 16.2. The number of nitrogens with zero attached hydrogens (tertiary/aromatic N) is 2. The van der Waals surface area contributed by atoms with Crippen molar-refractivity contribution in [2.45, 2.75) is 26.2 Å². The van der Waals surface area contributed by atoms with Gasteiger partial charge in [0.25, 0.3) is 0 Å². The topological polar surface area (TPSA) is 23.6 Å². The second kappa shape index (κ2) is 5.36. The smallest absolute Gasteiger partial charge is 0.223 e. The number of likely N-dealkylation sites (tertiary alicyclic amines) is 2. The van der Waals surface area contributed by atoms with Gasteiger partial charge in [0.15, 0.2) is 0 Å². The first-order valence-electron chi connectivity index (χ1n) is 6.21. The summed E-state index contributed by atoms with van der Waals surface area (Å²) in [5, 5.41) is 0. The standard InChI is InChI=1S/C13H20N2O/c1-12-6-10-14(11-12)7-2-3-8-15-9-4-5-13(15)16/h12H,4-11H2,1H3. The van der Waals surface area contributed by atoms with E-state index in [0.717, 1.165) is 25.4 Å². The summed E-state index contributed by atoms with van der Waals surface area (Å²) in [7, 11) is 0. The predicted octanol–water partition coefficient (Wildman–Crippen LogP) is 0.954. The molecular weight excluding hydrogens is 200 g/mol. The molecule has 0 aliphatic carbocycles. The van der Waals surface area contributed by atoms with Crippen molar-refractivity contribution >= 4 is 5.91 Å². The van der Waals surface area contributed by atoms with E-state index in [4.69, 9.17) is 0 Å². The Balaban J connectivity index is 1.68. The summed E-state index contributed by atoms with van der Waals surface area (Å²) >= 11 is 0. The lowest BCUT2D eigenvalue weighted by atomic mass is 10.2. The molecule has 0 bridgehead atoms. The van der Waals surface area contributed by atoms with Crippen LogP contribution in [0, 0.1) is 17.8 Å². The molecule has 88 valence electrons. The van der Waals surface area contributed by atoms with Crippen LogP contribution in [0.15, 0.2) is 0 Å². The second-order valence-corrected chi connectivity index (χ2v) is 4.90. The van der Waals surface area contributed by atoms with Crippen LogP contribution in [0.4, 0.5) is 0 Å². The minimum atomic E-state index is 0.268. The molecule has 3 heteroatoms. The average molecular weight is 220 g/mol. The van der Waals surface area contributed by atoms with Crippen molar-refractivity contribution in [3.05, 3.63) is 0 Å². The van der Waals surface area contributed by atoms with Gasteiger partial charge in [0.1, 0.15) is 0 Å². The molecule has 0 saturated carbocycles. The molecular formula is C13H20N2O. The van der Waals surface area contributed by atoms with Crippen LogP contribution in [0.2, 0.25) is 0 Å². The SMILES string of the molecule is CC1CCN(CC#CCN2CCCC2=O)C1. The first-order chi connectivity index (χ1) is 7.75. The van der Waals surface area contributed by atoms with Crippen LogP contribution in [0.25, 0.3) is 0 Å². The van der Waals surface area contributed by atoms with Crippen molar-refractivity contribution in [3.8, 4) is 11.8 Å². The predicted molar refractivity (Wildman–Crippen MR) is 63.8 cm³/mol. The molecule has 3 nitrogen and oxygen atoms in total. The van der Waals surface area contributed by atoms with Crippen molar-refractivity contribution in [1.29, 1.82) is 0 Å². The molecule has 0 radical (unpaired) electrons. The summed E-state index contributed by atoms with van der Waals surface area (Å²) < 4.78 is 0. The van der Waals surface area contributed by atoms with E-state index in [1.54, 1.807) is 0 Å². The molecule has 0 aromatic heterocycles. The summed E-state index contributed by atoms with van der Waals surface area (Å²) in [4.78, 5) is 15.6. The van der Waals surface area contributed by atoms with E-state index >= 15 is 0 Å². The third kappa shape index (κ3) is 2.99. The zero-order valence-electron chi connectivity index (χ0n) is 10.0. The van der Waals surface area contributed by atoms with Crippen LogP contribution in [0.5, 0.6) is 0 Å². The minimum Gasteiger partial charge on any atom is -0.332 e. The zero-order chi connectivity index (χ0) is 11.4. The molecule has 2 fully saturated rings. The Bertz CT molecular complexity index is 316. The fourth-order valence-electron chi connectivity index (χ4n) is 2.36. The van der Waals surface area contributed by atoms with Crippen LogP contribution in [-0.2, 0) is 4.79 Å². The van der Waals surface area contributed by atoms with E-state index in [1.165, 1.54) is 19.5 Å². The molecule has 2 saturated heterocycles. The summed E-state index contributed by atoms with van der Waals surface area (Å²) in [6.07, 6.45) is 3.02. The fraction of sp³-hybridized carbons (Fsp3) is 0.769. The summed E-state index contributed by atoms with van der Waals surface area (Å²) in [5.41, 5.74) is 0. The lowest BCUT2D eigenvalue weighted by molar-refractivity contribution is -0.127. The maximum absolute atomic E-state index is 11.3. The number of rotatable bonds is 2. The van der Waals surface area contributed by atoms with E-state index in [1.807, 2.05) is 4.90 Å². The number of carbonyl (C=O) groups is 1. The molecule has 0 N–H and O–H groups in total. The van der Waals surface area contributed by atoms with Gasteiger partial charge in [-0.05, 0) is 25.3 Å². The summed E-state index contributed by atoms with van der Waals surface area (Å²) in [5.74, 6) is 7.38. The Hall–Kier alpha value is -1.01. The first-order valence-corrected chi connectivity index (χ1v) is 6.21. The van der Waals surface area contributed by atoms with Crippen LogP contribution in [0.3, 0.4) is 0 Å². The normalized spacial score (nSPS) is 25.9. The van der Waals surface area contributed by atoms with Gasteiger partial charge in [-0.1, -0.05) is 18.8 Å². The molecule has 0 spiro atoms. The fourth-order valence-corrected chi connectivity index (χ4v) is 2.36. The monoisotopic (exact) mass is 220 g/mol. The molecule has 2 rings (SSSR count). The maximum atomic E-state index is 11.3. The first kappa shape index (κ1) is 11.5. The Morgan fingerprint density at radius 3 is 2.75 bits per heavy atom. The zero-order valence-corrected chi connectivity index (χ0v) is 10.0. The van der Waals surface area contributed by atoms with E-state index in [-0.39, 0.29) is 5.91 Å². The Labute approximate surface area is 97.8 Å². The molecule has 1 amide bonds.